The highest BCUT2D eigenvalue weighted by Crippen LogP contribution is 2.34. The molecule has 0 bridgehead atoms. The Morgan fingerprint density at radius 2 is 1.71 bits per heavy atom. The molecule has 6 heteroatoms. The van der Waals surface area contributed by atoms with Crippen LogP contribution in [0.15, 0.2) is 48.5 Å². The van der Waals surface area contributed by atoms with Gasteiger partial charge in [0.1, 0.15) is 5.82 Å². The number of rotatable bonds is 6. The minimum absolute atomic E-state index is 0.0106. The van der Waals surface area contributed by atoms with E-state index in [0.29, 0.717) is 38.2 Å². The third kappa shape index (κ3) is 5.91. The lowest BCUT2D eigenvalue weighted by Gasteiger charge is -2.38. The first kappa shape index (κ1) is 22.9. The number of hydrogen-bond acceptors (Lipinski definition) is 3. The second-order valence-corrected chi connectivity index (χ2v) is 9.19. The fourth-order valence-electron chi connectivity index (χ4n) is 3.86. The molecule has 166 valence electrons. The van der Waals surface area contributed by atoms with Crippen molar-refractivity contribution in [1.82, 2.24) is 10.6 Å². The maximum Gasteiger partial charge on any atom is 0.251 e. The summed E-state index contributed by atoms with van der Waals surface area (Å²) in [6.45, 7) is 7.72. The SMILES string of the molecule is CC(C)(C)c1ccc(C(=O)NCC(=O)NCC2(c3cccc(F)c3)CCOCC2)cc1. The number of nitrogens with one attached hydrogen (secondary N) is 2. The van der Waals surface area contributed by atoms with Crippen LogP contribution in [0.4, 0.5) is 4.39 Å². The van der Waals surface area contributed by atoms with Gasteiger partial charge in [-0.2, -0.15) is 0 Å². The fourth-order valence-corrected chi connectivity index (χ4v) is 3.86. The summed E-state index contributed by atoms with van der Waals surface area (Å²) in [5.41, 5.74) is 2.15. The smallest absolute Gasteiger partial charge is 0.251 e. The summed E-state index contributed by atoms with van der Waals surface area (Å²) in [5, 5.41) is 5.59. The monoisotopic (exact) mass is 426 g/mol. The maximum atomic E-state index is 13.8. The van der Waals surface area contributed by atoms with E-state index in [-0.39, 0.29) is 35.0 Å². The Kier molecular flexibility index (Phi) is 7.11. The van der Waals surface area contributed by atoms with Gasteiger partial charge in [0.15, 0.2) is 0 Å². The van der Waals surface area contributed by atoms with Gasteiger partial charge in [0.2, 0.25) is 5.91 Å². The molecule has 1 saturated heterocycles. The van der Waals surface area contributed by atoms with Gasteiger partial charge in [-0.3, -0.25) is 9.59 Å². The van der Waals surface area contributed by atoms with E-state index in [1.807, 2.05) is 18.2 Å². The van der Waals surface area contributed by atoms with Gasteiger partial charge < -0.3 is 15.4 Å². The summed E-state index contributed by atoms with van der Waals surface area (Å²) in [7, 11) is 0. The van der Waals surface area contributed by atoms with Gasteiger partial charge in [0.05, 0.1) is 6.54 Å². The van der Waals surface area contributed by atoms with Crippen molar-refractivity contribution in [1.29, 1.82) is 0 Å². The predicted molar refractivity (Wildman–Crippen MR) is 119 cm³/mol. The van der Waals surface area contributed by atoms with Gasteiger partial charge >= 0.3 is 0 Å². The Morgan fingerprint density at radius 1 is 1.03 bits per heavy atom. The first-order valence-corrected chi connectivity index (χ1v) is 10.7. The molecule has 2 amide bonds. The van der Waals surface area contributed by atoms with Crippen molar-refractivity contribution in [3.8, 4) is 0 Å². The standard InChI is InChI=1S/C25H31FN2O3/c1-24(2,3)19-9-7-18(8-10-19)23(30)27-16-22(29)28-17-25(11-13-31-14-12-25)20-5-4-6-21(26)15-20/h4-10,15H,11-14,16-17H2,1-3H3,(H,27,30)(H,28,29). The zero-order valence-corrected chi connectivity index (χ0v) is 18.5. The van der Waals surface area contributed by atoms with E-state index in [4.69, 9.17) is 4.74 Å². The zero-order chi connectivity index (χ0) is 22.5. The highest BCUT2D eigenvalue weighted by Gasteiger charge is 2.35. The Morgan fingerprint density at radius 3 is 2.32 bits per heavy atom. The van der Waals surface area contributed by atoms with Gasteiger partial charge in [-0.1, -0.05) is 45.0 Å². The Balaban J connectivity index is 1.56. The summed E-state index contributed by atoms with van der Waals surface area (Å²) in [4.78, 5) is 24.8. The molecule has 0 aromatic heterocycles. The number of ether oxygens (including phenoxy) is 1. The number of amides is 2. The van der Waals surface area contributed by atoms with Crippen molar-refractivity contribution in [2.45, 2.75) is 44.4 Å². The lowest BCUT2D eigenvalue weighted by molar-refractivity contribution is -0.120. The molecular weight excluding hydrogens is 395 g/mol. The third-order valence-electron chi connectivity index (χ3n) is 5.93. The molecule has 0 atom stereocenters. The van der Waals surface area contributed by atoms with E-state index in [1.165, 1.54) is 12.1 Å². The maximum absolute atomic E-state index is 13.8. The van der Waals surface area contributed by atoms with Gasteiger partial charge in [-0.25, -0.2) is 4.39 Å². The molecule has 0 radical (unpaired) electrons. The van der Waals surface area contributed by atoms with E-state index in [9.17, 15) is 14.0 Å². The summed E-state index contributed by atoms with van der Waals surface area (Å²) in [6, 6.07) is 13.9. The quantitative estimate of drug-likeness (QED) is 0.740. The summed E-state index contributed by atoms with van der Waals surface area (Å²) < 4.78 is 19.3. The zero-order valence-electron chi connectivity index (χ0n) is 18.5. The van der Waals surface area contributed by atoms with Gasteiger partial charge in [-0.05, 0) is 53.6 Å². The second-order valence-electron chi connectivity index (χ2n) is 9.19. The van der Waals surface area contributed by atoms with Crippen LogP contribution in [0.5, 0.6) is 0 Å². The van der Waals surface area contributed by atoms with E-state index in [0.717, 1.165) is 11.1 Å². The number of carbonyl (C=O) groups is 2. The Bertz CT molecular complexity index is 913. The molecular formula is C25H31FN2O3. The molecule has 31 heavy (non-hydrogen) atoms. The van der Waals surface area contributed by atoms with Gasteiger partial charge in [0.25, 0.3) is 5.91 Å². The van der Waals surface area contributed by atoms with Crippen LogP contribution in [0.2, 0.25) is 0 Å². The van der Waals surface area contributed by atoms with E-state index < -0.39 is 0 Å². The molecule has 1 aliphatic heterocycles. The molecule has 0 saturated carbocycles. The first-order chi connectivity index (χ1) is 14.7. The van der Waals surface area contributed by atoms with Crippen molar-refractivity contribution in [2.75, 3.05) is 26.3 Å². The lowest BCUT2D eigenvalue weighted by Crippen LogP contribution is -2.47. The van der Waals surface area contributed by atoms with Crippen LogP contribution in [-0.4, -0.2) is 38.1 Å². The molecule has 0 unspecified atom stereocenters. The van der Waals surface area contributed by atoms with Crippen LogP contribution in [0.1, 0.15) is 55.1 Å². The highest BCUT2D eigenvalue weighted by molar-refractivity contribution is 5.96. The number of halogens is 1. The van der Waals surface area contributed by atoms with Gasteiger partial charge in [-0.15, -0.1) is 0 Å². The van der Waals surface area contributed by atoms with Crippen LogP contribution < -0.4 is 10.6 Å². The largest absolute Gasteiger partial charge is 0.381 e. The van der Waals surface area contributed by atoms with Crippen molar-refractivity contribution in [3.63, 3.8) is 0 Å². The van der Waals surface area contributed by atoms with E-state index in [2.05, 4.69) is 31.4 Å². The molecule has 0 spiro atoms. The lowest BCUT2D eigenvalue weighted by atomic mass is 9.74. The highest BCUT2D eigenvalue weighted by atomic mass is 19.1. The summed E-state index contributed by atoms with van der Waals surface area (Å²) >= 11 is 0. The van der Waals surface area contributed by atoms with Gasteiger partial charge in [0, 0.05) is 30.7 Å². The van der Waals surface area contributed by atoms with Crippen molar-refractivity contribution < 1.29 is 18.7 Å². The minimum atomic E-state index is -0.372. The summed E-state index contributed by atoms with van der Waals surface area (Å²) in [6.07, 6.45) is 1.40. The molecule has 5 nitrogen and oxygen atoms in total. The normalized spacial score (nSPS) is 15.9. The third-order valence-corrected chi connectivity index (χ3v) is 5.93. The van der Waals surface area contributed by atoms with Crippen LogP contribution in [-0.2, 0) is 20.4 Å². The van der Waals surface area contributed by atoms with Crippen molar-refractivity contribution in [3.05, 3.63) is 71.0 Å². The molecule has 1 heterocycles. The fraction of sp³-hybridized carbons (Fsp3) is 0.440. The van der Waals surface area contributed by atoms with Crippen molar-refractivity contribution >= 4 is 11.8 Å². The number of benzene rings is 2. The minimum Gasteiger partial charge on any atom is -0.381 e. The number of hydrogen-bond donors (Lipinski definition) is 2. The Labute approximate surface area is 183 Å². The van der Waals surface area contributed by atoms with Crippen LogP contribution in [0.25, 0.3) is 0 Å². The average molecular weight is 427 g/mol. The molecule has 1 aliphatic rings. The van der Waals surface area contributed by atoms with Crippen LogP contribution >= 0.6 is 0 Å². The van der Waals surface area contributed by atoms with E-state index >= 15 is 0 Å². The van der Waals surface area contributed by atoms with Crippen LogP contribution in [0, 0.1) is 5.82 Å². The second kappa shape index (κ2) is 9.60. The average Bonchev–Trinajstić information content (AvgIpc) is 2.76. The molecule has 0 aliphatic carbocycles. The Hall–Kier alpha value is -2.73. The topological polar surface area (TPSA) is 67.4 Å². The molecule has 3 rings (SSSR count). The van der Waals surface area contributed by atoms with Crippen LogP contribution in [0.3, 0.4) is 0 Å². The predicted octanol–water partition coefficient (Wildman–Crippen LogP) is 3.72. The van der Waals surface area contributed by atoms with Crippen molar-refractivity contribution in [2.24, 2.45) is 0 Å². The molecule has 2 aromatic rings. The first-order valence-electron chi connectivity index (χ1n) is 10.7. The molecule has 1 fully saturated rings. The summed E-state index contributed by atoms with van der Waals surface area (Å²) in [5.74, 6) is -0.858. The molecule has 2 aromatic carbocycles. The number of carbonyl (C=O) groups excluding carboxylic acids is 2. The molecule has 2 N–H and O–H groups in total. The van der Waals surface area contributed by atoms with E-state index in [1.54, 1.807) is 18.2 Å².